The van der Waals surface area contributed by atoms with E-state index in [1.165, 1.54) is 10.9 Å². The minimum Gasteiger partial charge on any atom is -0.508 e. The van der Waals surface area contributed by atoms with Gasteiger partial charge in [0.05, 0.1) is 11.9 Å². The molecule has 3 rings (SSSR count). The lowest BCUT2D eigenvalue weighted by Gasteiger charge is -2.05. The van der Waals surface area contributed by atoms with Gasteiger partial charge < -0.3 is 16.6 Å². The first kappa shape index (κ1) is 12.0. The first-order valence-electron chi connectivity index (χ1n) is 5.79. The molecule has 0 aliphatic heterocycles. The highest BCUT2D eigenvalue weighted by molar-refractivity contribution is 5.96. The molecule has 20 heavy (non-hydrogen) atoms. The van der Waals surface area contributed by atoms with Crippen molar-refractivity contribution in [2.24, 2.45) is 5.73 Å². The fourth-order valence-electron chi connectivity index (χ4n) is 2.01. The van der Waals surface area contributed by atoms with Gasteiger partial charge in [-0.15, -0.1) is 0 Å². The Morgan fingerprint density at radius 1 is 1.30 bits per heavy atom. The highest BCUT2D eigenvalue weighted by Gasteiger charge is 2.14. The van der Waals surface area contributed by atoms with Crippen LogP contribution in [0.15, 0.2) is 36.7 Å². The van der Waals surface area contributed by atoms with Crippen LogP contribution in [0.4, 0.5) is 5.69 Å². The van der Waals surface area contributed by atoms with E-state index in [0.29, 0.717) is 11.2 Å². The second kappa shape index (κ2) is 4.23. The molecule has 0 atom stereocenters. The molecule has 2 aromatic heterocycles. The molecule has 1 amide bonds. The van der Waals surface area contributed by atoms with Crippen molar-refractivity contribution < 1.29 is 9.90 Å². The number of pyridine rings is 1. The van der Waals surface area contributed by atoms with E-state index in [-0.39, 0.29) is 17.1 Å². The summed E-state index contributed by atoms with van der Waals surface area (Å²) in [5, 5.41) is 15.2. The van der Waals surface area contributed by atoms with Crippen molar-refractivity contribution in [1.29, 1.82) is 0 Å². The Morgan fingerprint density at radius 2 is 2.10 bits per heavy atom. The molecule has 0 radical (unpaired) electrons. The molecule has 0 spiro atoms. The van der Waals surface area contributed by atoms with E-state index in [0.717, 1.165) is 5.39 Å². The molecule has 0 aliphatic rings. The predicted molar refractivity (Wildman–Crippen MR) is 73.5 cm³/mol. The van der Waals surface area contributed by atoms with Crippen molar-refractivity contribution in [3.8, 4) is 11.6 Å². The summed E-state index contributed by atoms with van der Waals surface area (Å²) in [5.74, 6) is -0.135. The van der Waals surface area contributed by atoms with E-state index in [1.54, 1.807) is 30.5 Å². The zero-order chi connectivity index (χ0) is 14.3. The van der Waals surface area contributed by atoms with Gasteiger partial charge in [-0.05, 0) is 23.6 Å². The van der Waals surface area contributed by atoms with Crippen LogP contribution >= 0.6 is 0 Å². The molecule has 7 nitrogen and oxygen atoms in total. The summed E-state index contributed by atoms with van der Waals surface area (Å²) in [5.41, 5.74) is 11.0. The number of rotatable bonds is 2. The van der Waals surface area contributed by atoms with Crippen LogP contribution in [0.1, 0.15) is 10.5 Å². The van der Waals surface area contributed by atoms with E-state index >= 15 is 0 Å². The number of anilines is 1. The van der Waals surface area contributed by atoms with Crippen molar-refractivity contribution in [3.05, 3.63) is 42.4 Å². The number of primary amides is 1. The number of phenolic OH excluding ortho intramolecular Hbond substituents is 1. The lowest BCUT2D eigenvalue weighted by atomic mass is 10.1. The number of nitrogens with two attached hydrogens (primary N) is 2. The summed E-state index contributed by atoms with van der Waals surface area (Å²) in [6.07, 6.45) is 3.07. The fraction of sp³-hybridized carbons (Fsp3) is 0. The molecule has 7 heteroatoms. The van der Waals surface area contributed by atoms with Crippen molar-refractivity contribution in [1.82, 2.24) is 14.8 Å². The first-order chi connectivity index (χ1) is 9.56. The third kappa shape index (κ3) is 1.81. The molecule has 2 heterocycles. The number of phenols is 1. The second-order valence-electron chi connectivity index (χ2n) is 4.28. The number of benzene rings is 1. The Balaban J connectivity index is 2.26. The van der Waals surface area contributed by atoms with Crippen LogP contribution in [0.25, 0.3) is 16.6 Å². The smallest absolute Gasteiger partial charge is 0.271 e. The highest BCUT2D eigenvalue weighted by Crippen LogP contribution is 2.25. The van der Waals surface area contributed by atoms with Gasteiger partial charge in [0, 0.05) is 11.6 Å². The van der Waals surface area contributed by atoms with Gasteiger partial charge in [-0.2, -0.15) is 5.10 Å². The third-order valence-corrected chi connectivity index (χ3v) is 2.92. The number of nitrogens with zero attached hydrogens (tertiary/aromatic N) is 3. The number of carbonyl (C=O) groups is 1. The molecule has 100 valence electrons. The number of hydrogen-bond acceptors (Lipinski definition) is 5. The van der Waals surface area contributed by atoms with Crippen molar-refractivity contribution in [3.63, 3.8) is 0 Å². The zero-order valence-corrected chi connectivity index (χ0v) is 10.3. The maximum atomic E-state index is 11.2. The maximum Gasteiger partial charge on any atom is 0.271 e. The molecule has 0 bridgehead atoms. The summed E-state index contributed by atoms with van der Waals surface area (Å²) >= 11 is 0. The van der Waals surface area contributed by atoms with Gasteiger partial charge in [0.25, 0.3) is 5.91 Å². The van der Waals surface area contributed by atoms with Gasteiger partial charge in [-0.3, -0.25) is 4.79 Å². The van der Waals surface area contributed by atoms with Gasteiger partial charge in [0.2, 0.25) is 0 Å². The van der Waals surface area contributed by atoms with Crippen molar-refractivity contribution in [2.45, 2.75) is 0 Å². The van der Waals surface area contributed by atoms with Gasteiger partial charge in [-0.25, -0.2) is 9.67 Å². The number of aromatic hydroxyl groups is 1. The summed E-state index contributed by atoms with van der Waals surface area (Å²) in [4.78, 5) is 15.4. The summed E-state index contributed by atoms with van der Waals surface area (Å²) in [6, 6.07) is 6.72. The van der Waals surface area contributed by atoms with Crippen LogP contribution < -0.4 is 11.5 Å². The van der Waals surface area contributed by atoms with Crippen molar-refractivity contribution >= 4 is 22.4 Å². The van der Waals surface area contributed by atoms with E-state index in [2.05, 4.69) is 10.1 Å². The number of aromatic nitrogens is 3. The van der Waals surface area contributed by atoms with Crippen LogP contribution in [0.2, 0.25) is 0 Å². The Bertz CT molecular complexity index is 825. The van der Waals surface area contributed by atoms with E-state index in [1.807, 2.05) is 0 Å². The maximum absolute atomic E-state index is 11.2. The van der Waals surface area contributed by atoms with Crippen LogP contribution in [0.3, 0.4) is 0 Å². The molecular formula is C13H11N5O2. The van der Waals surface area contributed by atoms with Crippen LogP contribution in [-0.4, -0.2) is 25.8 Å². The monoisotopic (exact) mass is 269 g/mol. The average Bonchev–Trinajstić information content (AvgIpc) is 2.80. The minimum absolute atomic E-state index is 0.0102. The largest absolute Gasteiger partial charge is 0.508 e. The molecule has 0 saturated heterocycles. The molecule has 5 N–H and O–H groups in total. The molecular weight excluding hydrogens is 258 g/mol. The summed E-state index contributed by atoms with van der Waals surface area (Å²) < 4.78 is 1.37. The molecule has 0 fully saturated rings. The Labute approximate surface area is 113 Å². The topological polar surface area (TPSA) is 120 Å². The standard InChI is InChI=1S/C13H11N5O2/c14-10-6-18(17-11(10)12(15)20)13-9-5-8(19)2-1-7(9)3-4-16-13/h1-6,19H,14H2,(H2,15,20). The number of amides is 1. The molecule has 3 aromatic rings. The van der Waals surface area contributed by atoms with Gasteiger partial charge in [-0.1, -0.05) is 6.07 Å². The SMILES string of the molecule is NC(=O)c1nn(-c2nccc3ccc(O)cc23)cc1N. The lowest BCUT2D eigenvalue weighted by molar-refractivity contribution is 0.0996. The Hall–Kier alpha value is -3.09. The van der Waals surface area contributed by atoms with E-state index < -0.39 is 5.91 Å². The van der Waals surface area contributed by atoms with E-state index in [9.17, 15) is 9.90 Å². The number of fused-ring (bicyclic) bond motifs is 1. The summed E-state index contributed by atoms with van der Waals surface area (Å²) in [7, 11) is 0. The van der Waals surface area contributed by atoms with Crippen molar-refractivity contribution in [2.75, 3.05) is 5.73 Å². The van der Waals surface area contributed by atoms with E-state index in [4.69, 9.17) is 11.5 Å². The Kier molecular flexibility index (Phi) is 2.53. The van der Waals surface area contributed by atoms with Gasteiger partial charge >= 0.3 is 0 Å². The average molecular weight is 269 g/mol. The predicted octanol–water partition coefficient (Wildman–Crippen LogP) is 0.807. The number of hydrogen-bond donors (Lipinski definition) is 3. The molecule has 0 aliphatic carbocycles. The summed E-state index contributed by atoms with van der Waals surface area (Å²) in [6.45, 7) is 0. The molecule has 0 saturated carbocycles. The second-order valence-corrected chi connectivity index (χ2v) is 4.28. The van der Waals surface area contributed by atoms with Crippen LogP contribution in [0.5, 0.6) is 5.75 Å². The minimum atomic E-state index is -0.704. The van der Waals surface area contributed by atoms with Crippen LogP contribution in [0, 0.1) is 0 Å². The lowest BCUT2D eigenvalue weighted by Crippen LogP contribution is -2.14. The van der Waals surface area contributed by atoms with Gasteiger partial charge in [0.15, 0.2) is 11.5 Å². The highest BCUT2D eigenvalue weighted by atomic mass is 16.3. The molecule has 1 aromatic carbocycles. The molecule has 0 unspecified atom stereocenters. The Morgan fingerprint density at radius 3 is 2.80 bits per heavy atom. The van der Waals surface area contributed by atoms with Gasteiger partial charge in [0.1, 0.15) is 5.75 Å². The third-order valence-electron chi connectivity index (χ3n) is 2.92. The fourth-order valence-corrected chi connectivity index (χ4v) is 2.01. The quantitative estimate of drug-likeness (QED) is 0.635. The number of nitrogen functional groups attached to an aromatic ring is 1. The number of carbonyl (C=O) groups excluding carboxylic acids is 1. The zero-order valence-electron chi connectivity index (χ0n) is 10.3. The van der Waals surface area contributed by atoms with Crippen LogP contribution in [-0.2, 0) is 0 Å². The first-order valence-corrected chi connectivity index (χ1v) is 5.79. The normalized spacial score (nSPS) is 10.8.